The summed E-state index contributed by atoms with van der Waals surface area (Å²) >= 11 is 5.71. The highest BCUT2D eigenvalue weighted by molar-refractivity contribution is 6.29. The first-order chi connectivity index (χ1) is 10.2. The standard InChI is InChI=1S/C15H20ClFN2O3/c1-15(2,3)13-12(17)10(6-7-19(13)14(20)21)22-9-4-5-11(16)18-8-9/h4-5,8,10,12-13H,6-7H2,1-3H3,(H,20,21). The highest BCUT2D eigenvalue weighted by Gasteiger charge is 2.47. The van der Waals surface area contributed by atoms with E-state index in [0.717, 1.165) is 0 Å². The lowest BCUT2D eigenvalue weighted by atomic mass is 9.78. The van der Waals surface area contributed by atoms with E-state index >= 15 is 0 Å². The van der Waals surface area contributed by atoms with E-state index in [1.807, 2.05) is 20.8 Å². The van der Waals surface area contributed by atoms with E-state index in [-0.39, 0.29) is 6.54 Å². The van der Waals surface area contributed by atoms with Crippen molar-refractivity contribution in [3.63, 3.8) is 0 Å². The zero-order chi connectivity index (χ0) is 16.5. The third-order valence-electron chi connectivity index (χ3n) is 3.77. The normalized spacial score (nSPS) is 25.9. The molecule has 122 valence electrons. The van der Waals surface area contributed by atoms with Gasteiger partial charge in [0.2, 0.25) is 0 Å². The second-order valence-electron chi connectivity index (χ2n) is 6.49. The van der Waals surface area contributed by atoms with Crippen molar-refractivity contribution in [2.24, 2.45) is 5.41 Å². The average molecular weight is 331 g/mol. The number of amides is 1. The Kier molecular flexibility index (Phi) is 4.80. The SMILES string of the molecule is CC(C)(C)C1C(F)C(Oc2ccc(Cl)nc2)CCN1C(=O)O. The Morgan fingerprint density at radius 1 is 1.50 bits per heavy atom. The van der Waals surface area contributed by atoms with E-state index in [1.54, 1.807) is 12.1 Å². The molecule has 1 aromatic heterocycles. The summed E-state index contributed by atoms with van der Waals surface area (Å²) in [5, 5.41) is 9.62. The first-order valence-corrected chi connectivity index (χ1v) is 7.50. The Balaban J connectivity index is 2.18. The fraction of sp³-hybridized carbons (Fsp3) is 0.600. The quantitative estimate of drug-likeness (QED) is 0.841. The number of rotatable bonds is 2. The van der Waals surface area contributed by atoms with Crippen LogP contribution in [0.3, 0.4) is 0 Å². The summed E-state index contributed by atoms with van der Waals surface area (Å²) in [5.41, 5.74) is -0.530. The minimum atomic E-state index is -1.42. The Morgan fingerprint density at radius 3 is 2.68 bits per heavy atom. The van der Waals surface area contributed by atoms with Crippen molar-refractivity contribution in [1.82, 2.24) is 9.88 Å². The van der Waals surface area contributed by atoms with Crippen LogP contribution in [0.1, 0.15) is 27.2 Å². The van der Waals surface area contributed by atoms with Crippen molar-refractivity contribution in [3.05, 3.63) is 23.5 Å². The maximum absolute atomic E-state index is 14.9. The number of halogens is 2. The predicted octanol–water partition coefficient (Wildman–Crippen LogP) is 3.62. The molecule has 1 fully saturated rings. The molecule has 0 radical (unpaired) electrons. The third kappa shape index (κ3) is 3.61. The Bertz CT molecular complexity index is 533. The molecule has 3 unspecified atom stereocenters. The number of ether oxygens (including phenoxy) is 1. The Morgan fingerprint density at radius 2 is 2.18 bits per heavy atom. The number of alkyl halides is 1. The van der Waals surface area contributed by atoms with Crippen molar-refractivity contribution < 1.29 is 19.0 Å². The first-order valence-electron chi connectivity index (χ1n) is 7.12. The summed E-state index contributed by atoms with van der Waals surface area (Å²) in [6, 6.07) is 2.43. The number of carbonyl (C=O) groups is 1. The van der Waals surface area contributed by atoms with Crippen LogP contribution >= 0.6 is 11.6 Å². The minimum absolute atomic E-state index is 0.239. The molecule has 22 heavy (non-hydrogen) atoms. The van der Waals surface area contributed by atoms with Gasteiger partial charge in [-0.3, -0.25) is 0 Å². The largest absolute Gasteiger partial charge is 0.486 e. The van der Waals surface area contributed by atoms with Crippen LogP contribution in [-0.4, -0.2) is 45.9 Å². The molecule has 5 nitrogen and oxygen atoms in total. The maximum Gasteiger partial charge on any atom is 0.407 e. The fourth-order valence-corrected chi connectivity index (χ4v) is 2.94. The molecule has 2 heterocycles. The molecule has 0 spiro atoms. The van der Waals surface area contributed by atoms with Crippen LogP contribution in [0, 0.1) is 5.41 Å². The van der Waals surface area contributed by atoms with Crippen LogP contribution in [0.25, 0.3) is 0 Å². The van der Waals surface area contributed by atoms with E-state index in [0.29, 0.717) is 17.3 Å². The molecule has 1 N–H and O–H groups in total. The molecule has 1 aliphatic rings. The van der Waals surface area contributed by atoms with Gasteiger partial charge in [0.25, 0.3) is 0 Å². The van der Waals surface area contributed by atoms with E-state index in [9.17, 15) is 14.3 Å². The summed E-state index contributed by atoms with van der Waals surface area (Å²) in [6.07, 6.45) is -1.49. The van der Waals surface area contributed by atoms with Gasteiger partial charge in [-0.25, -0.2) is 14.2 Å². The van der Waals surface area contributed by atoms with E-state index < -0.39 is 29.8 Å². The Hall–Kier alpha value is -1.56. The fourth-order valence-electron chi connectivity index (χ4n) is 2.83. The molecular formula is C15H20ClFN2O3. The molecule has 3 atom stereocenters. The smallest absolute Gasteiger partial charge is 0.407 e. The van der Waals surface area contributed by atoms with Crippen LogP contribution in [0.2, 0.25) is 5.15 Å². The van der Waals surface area contributed by atoms with Crippen molar-refractivity contribution in [2.45, 2.75) is 45.5 Å². The van der Waals surface area contributed by atoms with Crippen molar-refractivity contribution in [3.8, 4) is 5.75 Å². The zero-order valence-electron chi connectivity index (χ0n) is 12.8. The van der Waals surface area contributed by atoms with E-state index in [4.69, 9.17) is 16.3 Å². The third-order valence-corrected chi connectivity index (χ3v) is 3.99. The second kappa shape index (κ2) is 6.28. The zero-order valence-corrected chi connectivity index (χ0v) is 13.5. The Labute approximate surface area is 134 Å². The van der Waals surface area contributed by atoms with Crippen LogP contribution in [-0.2, 0) is 0 Å². The number of carboxylic acid groups (broad SMARTS) is 1. The lowest BCUT2D eigenvalue weighted by molar-refractivity contribution is -0.0513. The van der Waals surface area contributed by atoms with Gasteiger partial charge in [0.1, 0.15) is 17.0 Å². The van der Waals surface area contributed by atoms with Gasteiger partial charge in [0.15, 0.2) is 6.17 Å². The van der Waals surface area contributed by atoms with Crippen molar-refractivity contribution in [2.75, 3.05) is 6.54 Å². The van der Waals surface area contributed by atoms with Gasteiger partial charge in [-0.1, -0.05) is 32.4 Å². The number of likely N-dealkylation sites (tertiary alicyclic amines) is 1. The first kappa shape index (κ1) is 16.8. The molecule has 1 aromatic rings. The van der Waals surface area contributed by atoms with Crippen LogP contribution in [0.15, 0.2) is 18.3 Å². The lowest BCUT2D eigenvalue weighted by Gasteiger charge is -2.46. The molecule has 1 amide bonds. The van der Waals surface area contributed by atoms with Gasteiger partial charge in [-0.05, 0) is 17.5 Å². The van der Waals surface area contributed by atoms with Gasteiger partial charge in [-0.2, -0.15) is 0 Å². The van der Waals surface area contributed by atoms with Crippen molar-refractivity contribution in [1.29, 1.82) is 0 Å². The molecule has 0 saturated carbocycles. The molecule has 1 saturated heterocycles. The van der Waals surface area contributed by atoms with Gasteiger partial charge in [0.05, 0.1) is 12.2 Å². The van der Waals surface area contributed by atoms with Crippen molar-refractivity contribution >= 4 is 17.7 Å². The highest BCUT2D eigenvalue weighted by Crippen LogP contribution is 2.35. The van der Waals surface area contributed by atoms with E-state index in [2.05, 4.69) is 4.98 Å². The van der Waals surface area contributed by atoms with Gasteiger partial charge >= 0.3 is 6.09 Å². The molecule has 0 bridgehead atoms. The predicted molar refractivity (Wildman–Crippen MR) is 81.1 cm³/mol. The van der Waals surface area contributed by atoms with Crippen LogP contribution in [0.4, 0.5) is 9.18 Å². The number of pyridine rings is 1. The van der Waals surface area contributed by atoms with E-state index in [1.165, 1.54) is 11.1 Å². The lowest BCUT2D eigenvalue weighted by Crippen LogP contribution is -2.60. The van der Waals surface area contributed by atoms with Gasteiger partial charge in [-0.15, -0.1) is 0 Å². The number of hydrogen-bond donors (Lipinski definition) is 1. The topological polar surface area (TPSA) is 62.7 Å². The second-order valence-corrected chi connectivity index (χ2v) is 6.88. The summed E-state index contributed by atoms with van der Waals surface area (Å²) < 4.78 is 20.6. The summed E-state index contributed by atoms with van der Waals surface area (Å²) in [7, 11) is 0. The number of hydrogen-bond acceptors (Lipinski definition) is 3. The van der Waals surface area contributed by atoms with Crippen LogP contribution in [0.5, 0.6) is 5.75 Å². The molecular weight excluding hydrogens is 311 g/mol. The number of aromatic nitrogens is 1. The molecule has 7 heteroatoms. The minimum Gasteiger partial charge on any atom is -0.486 e. The summed E-state index contributed by atoms with van der Waals surface area (Å²) in [6.45, 7) is 5.72. The molecule has 0 aromatic carbocycles. The molecule has 1 aliphatic heterocycles. The number of piperidine rings is 1. The average Bonchev–Trinajstić information content (AvgIpc) is 2.41. The summed E-state index contributed by atoms with van der Waals surface area (Å²) in [5.74, 6) is 0.425. The molecule has 0 aliphatic carbocycles. The maximum atomic E-state index is 14.9. The summed E-state index contributed by atoms with van der Waals surface area (Å²) in [4.78, 5) is 16.4. The van der Waals surface area contributed by atoms with Gasteiger partial charge in [0, 0.05) is 13.0 Å². The van der Waals surface area contributed by atoms with Crippen LogP contribution < -0.4 is 4.74 Å². The highest BCUT2D eigenvalue weighted by atomic mass is 35.5. The molecule has 2 rings (SSSR count). The number of nitrogens with zero attached hydrogens (tertiary/aromatic N) is 2. The monoisotopic (exact) mass is 330 g/mol. The van der Waals surface area contributed by atoms with Gasteiger partial charge < -0.3 is 14.7 Å².